The molecule has 3 rings (SSSR count). The molecule has 1 N–H and O–H groups in total. The van der Waals surface area contributed by atoms with Crippen molar-refractivity contribution in [3.8, 4) is 11.6 Å². The van der Waals surface area contributed by atoms with E-state index in [0.717, 1.165) is 5.56 Å². The molecule has 0 unspecified atom stereocenters. The molecule has 0 aliphatic heterocycles. The topological polar surface area (TPSA) is 68.3 Å². The molecule has 0 bridgehead atoms. The predicted molar refractivity (Wildman–Crippen MR) is 102 cm³/mol. The van der Waals surface area contributed by atoms with Crippen molar-refractivity contribution >= 4 is 22.4 Å². The van der Waals surface area contributed by atoms with Crippen LogP contribution < -0.4 is 10.1 Å². The average Bonchev–Trinajstić information content (AvgIpc) is 2.65. The molecule has 0 aliphatic rings. The molecule has 0 saturated heterocycles. The van der Waals surface area contributed by atoms with Gasteiger partial charge in [-0.2, -0.15) is 0 Å². The van der Waals surface area contributed by atoms with Crippen molar-refractivity contribution < 1.29 is 13.7 Å². The molecular weight excluding hydrogens is 348 g/mol. The van der Waals surface area contributed by atoms with Crippen LogP contribution in [0.5, 0.6) is 11.6 Å². The van der Waals surface area contributed by atoms with Crippen LogP contribution >= 0.6 is 0 Å². The number of aromatic nitrogens is 1. The number of rotatable bonds is 5. The molecule has 6 heteroatoms. The number of ether oxygens (including phenoxy) is 1. The van der Waals surface area contributed by atoms with Crippen molar-refractivity contribution in [1.82, 2.24) is 4.98 Å². The van der Waals surface area contributed by atoms with Crippen molar-refractivity contribution in [1.29, 1.82) is 0 Å². The second kappa shape index (κ2) is 7.93. The highest BCUT2D eigenvalue weighted by molar-refractivity contribution is 7.84. The van der Waals surface area contributed by atoms with Gasteiger partial charge in [0.25, 0.3) is 5.91 Å². The number of nitrogens with one attached hydrogen (secondary N) is 1. The minimum absolute atomic E-state index is 0.257. The number of aryl methyl sites for hydroxylation is 1. The Kier molecular flexibility index (Phi) is 5.43. The van der Waals surface area contributed by atoms with Gasteiger partial charge in [-0.05, 0) is 49.4 Å². The van der Waals surface area contributed by atoms with Crippen molar-refractivity contribution in [2.45, 2.75) is 11.8 Å². The Morgan fingerprint density at radius 2 is 1.69 bits per heavy atom. The monoisotopic (exact) mass is 366 g/mol. The van der Waals surface area contributed by atoms with Gasteiger partial charge in [-0.3, -0.25) is 9.00 Å². The number of carbonyl (C=O) groups is 1. The van der Waals surface area contributed by atoms with E-state index in [4.69, 9.17) is 4.74 Å². The summed E-state index contributed by atoms with van der Waals surface area (Å²) in [6.07, 6.45) is 3.14. The third-order valence-electron chi connectivity index (χ3n) is 3.69. The van der Waals surface area contributed by atoms with Gasteiger partial charge in [-0.15, -0.1) is 0 Å². The molecule has 26 heavy (non-hydrogen) atoms. The van der Waals surface area contributed by atoms with Crippen LogP contribution in [0.4, 0.5) is 5.69 Å². The molecule has 132 valence electrons. The normalized spacial score (nSPS) is 11.6. The zero-order chi connectivity index (χ0) is 18.5. The van der Waals surface area contributed by atoms with E-state index in [2.05, 4.69) is 10.3 Å². The van der Waals surface area contributed by atoms with E-state index in [1.54, 1.807) is 42.7 Å². The summed E-state index contributed by atoms with van der Waals surface area (Å²) in [6.45, 7) is 2.01. The SMILES string of the molecule is Cc1ccc(Oc2ccc(NC(=O)c3ccc([S@@](C)=O)cc3)cn2)cc1. The lowest BCUT2D eigenvalue weighted by molar-refractivity contribution is 0.102. The molecule has 1 atom stereocenters. The predicted octanol–water partition coefficient (Wildman–Crippen LogP) is 4.17. The second-order valence-electron chi connectivity index (χ2n) is 5.73. The van der Waals surface area contributed by atoms with E-state index in [1.165, 1.54) is 6.20 Å². The molecule has 0 aliphatic carbocycles. The van der Waals surface area contributed by atoms with Gasteiger partial charge in [0, 0.05) is 33.6 Å². The van der Waals surface area contributed by atoms with Crippen molar-refractivity contribution in [2.24, 2.45) is 0 Å². The number of amides is 1. The fourth-order valence-corrected chi connectivity index (χ4v) is 2.76. The number of benzene rings is 2. The first-order valence-electron chi connectivity index (χ1n) is 7.97. The lowest BCUT2D eigenvalue weighted by Gasteiger charge is -2.08. The fourth-order valence-electron chi connectivity index (χ4n) is 2.24. The Morgan fingerprint density at radius 1 is 1.00 bits per heavy atom. The van der Waals surface area contributed by atoms with E-state index in [9.17, 15) is 9.00 Å². The minimum Gasteiger partial charge on any atom is -0.439 e. The zero-order valence-corrected chi connectivity index (χ0v) is 15.2. The lowest BCUT2D eigenvalue weighted by atomic mass is 10.2. The minimum atomic E-state index is -1.07. The quantitative estimate of drug-likeness (QED) is 0.736. The molecule has 1 aromatic heterocycles. The maximum absolute atomic E-state index is 12.3. The fraction of sp³-hybridized carbons (Fsp3) is 0.100. The summed E-state index contributed by atoms with van der Waals surface area (Å²) >= 11 is 0. The van der Waals surface area contributed by atoms with Gasteiger partial charge in [-0.25, -0.2) is 4.98 Å². The molecular formula is C20H18N2O3S. The van der Waals surface area contributed by atoms with Crippen molar-refractivity contribution in [2.75, 3.05) is 11.6 Å². The van der Waals surface area contributed by atoms with Crippen molar-refractivity contribution in [3.05, 3.63) is 78.0 Å². The highest BCUT2D eigenvalue weighted by Crippen LogP contribution is 2.21. The van der Waals surface area contributed by atoms with Gasteiger partial charge in [0.2, 0.25) is 5.88 Å². The third kappa shape index (κ3) is 4.55. The number of pyridine rings is 1. The first-order chi connectivity index (χ1) is 12.5. The highest BCUT2D eigenvalue weighted by atomic mass is 32.2. The Labute approximate surface area is 154 Å². The Bertz CT molecular complexity index is 921. The van der Waals surface area contributed by atoms with Crippen LogP contribution in [0.15, 0.2) is 71.8 Å². The molecule has 1 amide bonds. The van der Waals surface area contributed by atoms with Crippen LogP contribution in [0.1, 0.15) is 15.9 Å². The smallest absolute Gasteiger partial charge is 0.255 e. The molecule has 0 spiro atoms. The molecule has 5 nitrogen and oxygen atoms in total. The van der Waals surface area contributed by atoms with Gasteiger partial charge in [-0.1, -0.05) is 17.7 Å². The van der Waals surface area contributed by atoms with E-state index in [0.29, 0.717) is 27.8 Å². The maximum Gasteiger partial charge on any atom is 0.255 e. The molecule has 0 saturated carbocycles. The standard InChI is InChI=1S/C20H18N2O3S/c1-14-3-8-17(9-4-14)25-19-12-7-16(13-21-19)22-20(23)15-5-10-18(11-6-15)26(2)24/h3-13H,1-2H3,(H,22,23)/t26-/m1/s1. The van der Waals surface area contributed by atoms with Crippen LogP contribution in [-0.2, 0) is 10.8 Å². The van der Waals surface area contributed by atoms with Gasteiger partial charge >= 0.3 is 0 Å². The summed E-state index contributed by atoms with van der Waals surface area (Å²) in [5.74, 6) is 0.891. The lowest BCUT2D eigenvalue weighted by Crippen LogP contribution is -2.12. The van der Waals surface area contributed by atoms with Gasteiger partial charge in [0.1, 0.15) is 5.75 Å². The number of carbonyl (C=O) groups excluding carboxylic acids is 1. The van der Waals surface area contributed by atoms with Crippen molar-refractivity contribution in [3.63, 3.8) is 0 Å². The maximum atomic E-state index is 12.3. The Hall–Kier alpha value is -2.99. The highest BCUT2D eigenvalue weighted by Gasteiger charge is 2.08. The van der Waals surface area contributed by atoms with Crippen LogP contribution in [0, 0.1) is 6.92 Å². The van der Waals surface area contributed by atoms with E-state index < -0.39 is 10.8 Å². The first kappa shape index (κ1) is 17.8. The number of anilines is 1. The third-order valence-corrected chi connectivity index (χ3v) is 4.62. The zero-order valence-electron chi connectivity index (χ0n) is 14.4. The van der Waals surface area contributed by atoms with Gasteiger partial charge < -0.3 is 10.1 Å². The molecule has 1 heterocycles. The van der Waals surface area contributed by atoms with E-state index in [1.807, 2.05) is 31.2 Å². The summed E-state index contributed by atoms with van der Waals surface area (Å²) in [5.41, 5.74) is 2.20. The van der Waals surface area contributed by atoms with Crippen LogP contribution in [0.2, 0.25) is 0 Å². The summed E-state index contributed by atoms with van der Waals surface area (Å²) in [4.78, 5) is 17.1. The molecule has 0 radical (unpaired) electrons. The van der Waals surface area contributed by atoms with E-state index >= 15 is 0 Å². The Balaban J connectivity index is 1.64. The largest absolute Gasteiger partial charge is 0.439 e. The average molecular weight is 366 g/mol. The molecule has 0 fully saturated rings. The molecule has 3 aromatic rings. The number of nitrogens with zero attached hydrogens (tertiary/aromatic N) is 1. The van der Waals surface area contributed by atoms with Crippen LogP contribution in [0.25, 0.3) is 0 Å². The van der Waals surface area contributed by atoms with Crippen LogP contribution in [0.3, 0.4) is 0 Å². The first-order valence-corrected chi connectivity index (χ1v) is 9.52. The van der Waals surface area contributed by atoms with Gasteiger partial charge in [0.15, 0.2) is 0 Å². The Morgan fingerprint density at radius 3 is 2.27 bits per heavy atom. The number of hydrogen-bond acceptors (Lipinski definition) is 4. The summed E-state index contributed by atoms with van der Waals surface area (Å²) < 4.78 is 17.0. The van der Waals surface area contributed by atoms with E-state index in [-0.39, 0.29) is 5.91 Å². The number of hydrogen-bond donors (Lipinski definition) is 1. The summed E-state index contributed by atoms with van der Waals surface area (Å²) in [6, 6.07) is 17.8. The van der Waals surface area contributed by atoms with Crippen LogP contribution in [-0.4, -0.2) is 21.4 Å². The second-order valence-corrected chi connectivity index (χ2v) is 7.11. The summed E-state index contributed by atoms with van der Waals surface area (Å²) in [5, 5.41) is 2.77. The molecule has 2 aromatic carbocycles. The van der Waals surface area contributed by atoms with Gasteiger partial charge in [0.05, 0.1) is 11.9 Å². The summed E-state index contributed by atoms with van der Waals surface area (Å²) in [7, 11) is -1.07.